The molecule has 0 spiro atoms. The summed E-state index contributed by atoms with van der Waals surface area (Å²) < 4.78 is 9.59. The number of hydrogen-bond acceptors (Lipinski definition) is 4. The maximum atomic E-state index is 12.8. The number of aryl methyl sites for hydroxylation is 1. The molecule has 0 unspecified atom stereocenters. The molecule has 2 aromatic heterocycles. The first-order valence-electron chi connectivity index (χ1n) is 10.8. The Hall–Kier alpha value is -3.54. The SMILES string of the molecule is Cn1c(=O)n(C2CCCC2)c2cc(Nc3cccc(OCc4ccccc4)c3)ncc21. The molecule has 1 N–H and O–H groups in total. The van der Waals surface area contributed by atoms with Gasteiger partial charge >= 0.3 is 5.69 Å². The van der Waals surface area contributed by atoms with Crippen molar-refractivity contribution >= 4 is 22.5 Å². The van der Waals surface area contributed by atoms with Gasteiger partial charge in [0.2, 0.25) is 0 Å². The zero-order valence-corrected chi connectivity index (χ0v) is 17.6. The highest BCUT2D eigenvalue weighted by Gasteiger charge is 2.23. The number of aromatic nitrogens is 3. The van der Waals surface area contributed by atoms with Crippen LogP contribution in [0.5, 0.6) is 5.75 Å². The van der Waals surface area contributed by atoms with Crippen molar-refractivity contribution in [3.63, 3.8) is 0 Å². The third kappa shape index (κ3) is 3.93. The molecule has 6 nitrogen and oxygen atoms in total. The molecule has 1 fully saturated rings. The van der Waals surface area contributed by atoms with Crippen LogP contribution in [-0.2, 0) is 13.7 Å². The number of nitrogens with zero attached hydrogens (tertiary/aromatic N) is 3. The van der Waals surface area contributed by atoms with Gasteiger partial charge < -0.3 is 10.1 Å². The van der Waals surface area contributed by atoms with Crippen LogP contribution in [0.2, 0.25) is 0 Å². The summed E-state index contributed by atoms with van der Waals surface area (Å²) in [5, 5.41) is 3.37. The normalized spacial score (nSPS) is 14.2. The van der Waals surface area contributed by atoms with Crippen molar-refractivity contribution in [1.29, 1.82) is 0 Å². The summed E-state index contributed by atoms with van der Waals surface area (Å²) in [5.41, 5.74) is 3.86. The Morgan fingerprint density at radius 1 is 1.03 bits per heavy atom. The van der Waals surface area contributed by atoms with E-state index in [2.05, 4.69) is 10.3 Å². The molecule has 0 atom stereocenters. The minimum absolute atomic E-state index is 0.0390. The highest BCUT2D eigenvalue weighted by molar-refractivity contribution is 5.79. The first-order valence-corrected chi connectivity index (χ1v) is 10.8. The number of fused-ring (bicyclic) bond motifs is 1. The maximum Gasteiger partial charge on any atom is 0.329 e. The molecular weight excluding hydrogens is 388 g/mol. The second-order valence-corrected chi connectivity index (χ2v) is 8.14. The van der Waals surface area contributed by atoms with Crippen molar-refractivity contribution in [1.82, 2.24) is 14.1 Å². The maximum absolute atomic E-state index is 12.8. The fourth-order valence-electron chi connectivity index (χ4n) is 4.39. The first-order chi connectivity index (χ1) is 15.2. The van der Waals surface area contributed by atoms with E-state index in [-0.39, 0.29) is 11.7 Å². The molecule has 0 bridgehead atoms. The number of anilines is 2. The standard InChI is InChI=1S/C25H26N4O2/c1-28-23-16-26-24(15-22(23)29(25(28)30)20-11-5-6-12-20)27-19-10-7-13-21(14-19)31-17-18-8-3-2-4-9-18/h2-4,7-10,13-16,20H,5-6,11-12,17H2,1H3,(H,26,27). The monoisotopic (exact) mass is 414 g/mol. The van der Waals surface area contributed by atoms with Crippen LogP contribution in [0.15, 0.2) is 71.7 Å². The molecule has 4 aromatic rings. The summed E-state index contributed by atoms with van der Waals surface area (Å²) in [7, 11) is 1.82. The van der Waals surface area contributed by atoms with Gasteiger partial charge in [0, 0.05) is 30.9 Å². The summed E-state index contributed by atoms with van der Waals surface area (Å²) >= 11 is 0. The molecule has 31 heavy (non-hydrogen) atoms. The van der Waals surface area contributed by atoms with E-state index < -0.39 is 0 Å². The lowest BCUT2D eigenvalue weighted by atomic mass is 10.2. The molecule has 6 heteroatoms. The molecule has 5 rings (SSSR count). The molecule has 0 amide bonds. The van der Waals surface area contributed by atoms with Gasteiger partial charge in [-0.2, -0.15) is 0 Å². The van der Waals surface area contributed by atoms with Gasteiger partial charge in [0.1, 0.15) is 18.2 Å². The Kier molecular flexibility index (Phi) is 5.20. The van der Waals surface area contributed by atoms with Crippen LogP contribution in [-0.4, -0.2) is 14.1 Å². The van der Waals surface area contributed by atoms with Crippen molar-refractivity contribution in [2.24, 2.45) is 7.05 Å². The number of benzene rings is 2. The molecule has 2 heterocycles. The average molecular weight is 415 g/mol. The number of imidazole rings is 1. The topological polar surface area (TPSA) is 61.1 Å². The Morgan fingerprint density at radius 2 is 1.84 bits per heavy atom. The van der Waals surface area contributed by atoms with Crippen molar-refractivity contribution < 1.29 is 4.74 Å². The van der Waals surface area contributed by atoms with Gasteiger partial charge in [0.05, 0.1) is 17.2 Å². The quantitative estimate of drug-likeness (QED) is 0.473. The van der Waals surface area contributed by atoms with Crippen LogP contribution < -0.4 is 15.7 Å². The highest BCUT2D eigenvalue weighted by Crippen LogP contribution is 2.32. The van der Waals surface area contributed by atoms with E-state index in [9.17, 15) is 4.79 Å². The minimum atomic E-state index is 0.0390. The largest absolute Gasteiger partial charge is 0.489 e. The molecule has 1 aliphatic carbocycles. The second kappa shape index (κ2) is 8.30. The molecule has 0 radical (unpaired) electrons. The third-order valence-corrected chi connectivity index (χ3v) is 6.02. The lowest BCUT2D eigenvalue weighted by Gasteiger charge is -2.12. The Morgan fingerprint density at radius 3 is 2.65 bits per heavy atom. The van der Waals surface area contributed by atoms with Gasteiger partial charge in [-0.1, -0.05) is 49.2 Å². The molecule has 2 aromatic carbocycles. The van der Waals surface area contributed by atoms with Crippen LogP contribution >= 0.6 is 0 Å². The summed E-state index contributed by atoms with van der Waals surface area (Å²) in [6.07, 6.45) is 6.26. The zero-order chi connectivity index (χ0) is 21.2. The fraction of sp³-hybridized carbons (Fsp3) is 0.280. The first kappa shape index (κ1) is 19.4. The van der Waals surface area contributed by atoms with Gasteiger partial charge in [-0.05, 0) is 30.5 Å². The zero-order valence-electron chi connectivity index (χ0n) is 17.6. The number of hydrogen-bond donors (Lipinski definition) is 1. The van der Waals surface area contributed by atoms with E-state index >= 15 is 0 Å². The minimum Gasteiger partial charge on any atom is -0.489 e. The van der Waals surface area contributed by atoms with Crippen LogP contribution in [0, 0.1) is 0 Å². The lowest BCUT2D eigenvalue weighted by molar-refractivity contribution is 0.306. The Balaban J connectivity index is 1.39. The highest BCUT2D eigenvalue weighted by atomic mass is 16.5. The van der Waals surface area contributed by atoms with E-state index in [4.69, 9.17) is 4.74 Å². The van der Waals surface area contributed by atoms with Gasteiger partial charge in [-0.15, -0.1) is 0 Å². The van der Waals surface area contributed by atoms with E-state index in [1.807, 2.05) is 72.3 Å². The predicted octanol–water partition coefficient (Wildman–Crippen LogP) is 5.17. The predicted molar refractivity (Wildman–Crippen MR) is 123 cm³/mol. The smallest absolute Gasteiger partial charge is 0.329 e. The van der Waals surface area contributed by atoms with Crippen molar-refractivity contribution in [3.05, 3.63) is 82.9 Å². The van der Waals surface area contributed by atoms with E-state index in [0.717, 1.165) is 40.9 Å². The van der Waals surface area contributed by atoms with Crippen LogP contribution in [0.25, 0.3) is 11.0 Å². The molecule has 1 saturated carbocycles. The summed E-state index contributed by atoms with van der Waals surface area (Å²) in [5.74, 6) is 1.50. The van der Waals surface area contributed by atoms with Crippen molar-refractivity contribution in [2.45, 2.75) is 38.3 Å². The summed E-state index contributed by atoms with van der Waals surface area (Å²) in [4.78, 5) is 17.4. The third-order valence-electron chi connectivity index (χ3n) is 6.02. The van der Waals surface area contributed by atoms with Crippen LogP contribution in [0.1, 0.15) is 37.3 Å². The van der Waals surface area contributed by atoms with Crippen molar-refractivity contribution in [3.8, 4) is 5.75 Å². The van der Waals surface area contributed by atoms with Gasteiger partial charge in [-0.25, -0.2) is 9.78 Å². The molecule has 0 saturated heterocycles. The molecule has 0 aliphatic heterocycles. The molecule has 1 aliphatic rings. The molecule has 158 valence electrons. The lowest BCUT2D eigenvalue weighted by Crippen LogP contribution is -2.24. The second-order valence-electron chi connectivity index (χ2n) is 8.14. The summed E-state index contributed by atoms with van der Waals surface area (Å²) in [6, 6.07) is 20.2. The number of nitrogens with one attached hydrogen (secondary N) is 1. The average Bonchev–Trinajstić information content (AvgIpc) is 3.40. The van der Waals surface area contributed by atoms with Gasteiger partial charge in [0.25, 0.3) is 0 Å². The van der Waals surface area contributed by atoms with E-state index in [1.54, 1.807) is 10.8 Å². The number of rotatable bonds is 6. The Bertz CT molecular complexity index is 1250. The Labute approximate surface area is 181 Å². The van der Waals surface area contributed by atoms with Gasteiger partial charge in [-0.3, -0.25) is 9.13 Å². The van der Waals surface area contributed by atoms with E-state index in [1.165, 1.54) is 12.8 Å². The van der Waals surface area contributed by atoms with Gasteiger partial charge in [0.15, 0.2) is 0 Å². The van der Waals surface area contributed by atoms with Crippen molar-refractivity contribution in [2.75, 3.05) is 5.32 Å². The summed E-state index contributed by atoms with van der Waals surface area (Å²) in [6.45, 7) is 0.520. The molecular formula is C25H26N4O2. The van der Waals surface area contributed by atoms with E-state index in [0.29, 0.717) is 12.4 Å². The van der Waals surface area contributed by atoms with Crippen LogP contribution in [0.4, 0.5) is 11.5 Å². The number of pyridine rings is 1. The van der Waals surface area contributed by atoms with Crippen LogP contribution in [0.3, 0.4) is 0 Å². The number of ether oxygens (including phenoxy) is 1. The fourth-order valence-corrected chi connectivity index (χ4v) is 4.39.